The fourth-order valence-corrected chi connectivity index (χ4v) is 0.590. The molecule has 0 amide bonds. The van der Waals surface area contributed by atoms with Crippen LogP contribution >= 0.6 is 0 Å². The smallest absolute Gasteiger partial charge is 0.154 e. The lowest BCUT2D eigenvalue weighted by Gasteiger charge is -2.03. The van der Waals surface area contributed by atoms with E-state index in [-0.39, 0.29) is 11.6 Å². The predicted octanol–water partition coefficient (Wildman–Crippen LogP) is 1.29. The van der Waals surface area contributed by atoms with Crippen LogP contribution in [-0.4, -0.2) is 37.1 Å². The van der Waals surface area contributed by atoms with E-state index in [9.17, 15) is 9.59 Å². The summed E-state index contributed by atoms with van der Waals surface area (Å²) in [7, 11) is 3.75. The number of hydrogen-bond donors (Lipinski definition) is 0. The SMILES string of the molecule is C=CC(=O)CC.CC(=O)CN(C)C. The predicted molar refractivity (Wildman–Crippen MR) is 54.7 cm³/mol. The molecule has 3 heteroatoms. The van der Waals surface area contributed by atoms with Crippen molar-refractivity contribution in [3.05, 3.63) is 12.7 Å². The molecule has 0 aromatic heterocycles. The number of Topliss-reactive ketones (excluding diaryl/α,β-unsaturated/α-hetero) is 1. The van der Waals surface area contributed by atoms with Crippen molar-refractivity contribution < 1.29 is 9.59 Å². The first-order chi connectivity index (χ1) is 5.93. The van der Waals surface area contributed by atoms with E-state index in [0.717, 1.165) is 0 Å². The summed E-state index contributed by atoms with van der Waals surface area (Å²) in [5, 5.41) is 0. The Morgan fingerprint density at radius 2 is 1.85 bits per heavy atom. The first kappa shape index (κ1) is 14.6. The van der Waals surface area contributed by atoms with Gasteiger partial charge in [0.2, 0.25) is 0 Å². The molecule has 0 aliphatic heterocycles. The van der Waals surface area contributed by atoms with Gasteiger partial charge in [0.1, 0.15) is 5.78 Å². The number of nitrogens with zero attached hydrogens (tertiary/aromatic N) is 1. The molecule has 0 radical (unpaired) electrons. The van der Waals surface area contributed by atoms with E-state index >= 15 is 0 Å². The highest BCUT2D eigenvalue weighted by Gasteiger charge is 1.91. The van der Waals surface area contributed by atoms with Crippen molar-refractivity contribution in [3.63, 3.8) is 0 Å². The minimum atomic E-state index is 0.106. The van der Waals surface area contributed by atoms with Crippen LogP contribution < -0.4 is 0 Å². The van der Waals surface area contributed by atoms with Gasteiger partial charge in [-0.1, -0.05) is 13.5 Å². The van der Waals surface area contributed by atoms with E-state index in [1.54, 1.807) is 6.92 Å². The molecule has 0 aliphatic rings. The van der Waals surface area contributed by atoms with Gasteiger partial charge in [-0.15, -0.1) is 0 Å². The van der Waals surface area contributed by atoms with Gasteiger partial charge in [0, 0.05) is 6.42 Å². The van der Waals surface area contributed by atoms with Crippen LogP contribution in [0, 0.1) is 0 Å². The molecule has 76 valence electrons. The fraction of sp³-hybridized carbons (Fsp3) is 0.600. The van der Waals surface area contributed by atoms with Crippen LogP contribution in [0.25, 0.3) is 0 Å². The normalized spacial score (nSPS) is 8.69. The van der Waals surface area contributed by atoms with E-state index < -0.39 is 0 Å². The number of ketones is 2. The molecule has 0 saturated carbocycles. The van der Waals surface area contributed by atoms with Crippen LogP contribution in [0.15, 0.2) is 12.7 Å². The van der Waals surface area contributed by atoms with Gasteiger partial charge in [-0.25, -0.2) is 0 Å². The fourth-order valence-electron chi connectivity index (χ4n) is 0.590. The van der Waals surface area contributed by atoms with Gasteiger partial charge >= 0.3 is 0 Å². The molecule has 0 spiro atoms. The quantitative estimate of drug-likeness (QED) is 0.619. The maximum Gasteiger partial charge on any atom is 0.154 e. The Morgan fingerprint density at radius 1 is 1.38 bits per heavy atom. The lowest BCUT2D eigenvalue weighted by atomic mass is 10.3. The Labute approximate surface area is 80.4 Å². The molecule has 0 fully saturated rings. The van der Waals surface area contributed by atoms with Crippen LogP contribution in [0.4, 0.5) is 0 Å². The highest BCUT2D eigenvalue weighted by Crippen LogP contribution is 1.76. The van der Waals surface area contributed by atoms with Gasteiger partial charge in [0.25, 0.3) is 0 Å². The third-order valence-corrected chi connectivity index (χ3v) is 1.12. The number of hydrogen-bond acceptors (Lipinski definition) is 3. The molecule has 3 nitrogen and oxygen atoms in total. The standard InChI is InChI=1S/C5H11NO.C5H8O/c1-5(7)4-6(2)3;1-3-5(6)4-2/h4H2,1-3H3;3H,1,4H2,2H3. The monoisotopic (exact) mass is 185 g/mol. The number of allylic oxidation sites excluding steroid dienone is 1. The summed E-state index contributed by atoms with van der Waals surface area (Å²) >= 11 is 0. The number of carbonyl (C=O) groups excluding carboxylic acids is 2. The van der Waals surface area contributed by atoms with Gasteiger partial charge in [-0.05, 0) is 27.1 Å². The molecule has 0 atom stereocenters. The van der Waals surface area contributed by atoms with Crippen LogP contribution in [0.1, 0.15) is 20.3 Å². The summed E-state index contributed by atoms with van der Waals surface area (Å²) in [6.45, 7) is 7.23. The molecule has 0 bridgehead atoms. The van der Waals surface area contributed by atoms with E-state index in [1.807, 2.05) is 25.9 Å². The Balaban J connectivity index is 0. The summed E-state index contributed by atoms with van der Waals surface area (Å²) in [4.78, 5) is 22.1. The second-order valence-corrected chi connectivity index (χ2v) is 2.96. The van der Waals surface area contributed by atoms with Crippen molar-refractivity contribution >= 4 is 11.6 Å². The largest absolute Gasteiger partial charge is 0.302 e. The summed E-state index contributed by atoms with van der Waals surface area (Å²) in [6, 6.07) is 0. The van der Waals surface area contributed by atoms with Gasteiger partial charge in [0.15, 0.2) is 5.78 Å². The van der Waals surface area contributed by atoms with Crippen LogP contribution in [0.2, 0.25) is 0 Å². The lowest BCUT2D eigenvalue weighted by molar-refractivity contribution is -0.117. The maximum atomic E-state index is 10.2. The van der Waals surface area contributed by atoms with Crippen molar-refractivity contribution in [3.8, 4) is 0 Å². The third-order valence-electron chi connectivity index (χ3n) is 1.12. The molecule has 0 aromatic rings. The first-order valence-electron chi connectivity index (χ1n) is 4.23. The zero-order valence-electron chi connectivity index (χ0n) is 8.96. The molecule has 0 unspecified atom stereocenters. The average Bonchev–Trinajstić information content (AvgIpc) is 2.01. The molecule has 0 aromatic carbocycles. The third kappa shape index (κ3) is 18.2. The maximum absolute atomic E-state index is 10.2. The van der Waals surface area contributed by atoms with E-state index in [2.05, 4.69) is 6.58 Å². The Bertz CT molecular complexity index is 174. The summed E-state index contributed by atoms with van der Waals surface area (Å²) in [5.41, 5.74) is 0. The van der Waals surface area contributed by atoms with Gasteiger partial charge in [0.05, 0.1) is 6.54 Å². The molecule has 0 saturated heterocycles. The van der Waals surface area contributed by atoms with Crippen molar-refractivity contribution in [2.75, 3.05) is 20.6 Å². The molecular weight excluding hydrogens is 166 g/mol. The van der Waals surface area contributed by atoms with Crippen LogP contribution in [-0.2, 0) is 9.59 Å². The number of rotatable bonds is 4. The molecule has 13 heavy (non-hydrogen) atoms. The number of likely N-dealkylation sites (N-methyl/N-ethyl adjacent to an activating group) is 1. The Morgan fingerprint density at radius 3 is 1.85 bits per heavy atom. The van der Waals surface area contributed by atoms with Gasteiger partial charge < -0.3 is 4.90 Å². The summed E-state index contributed by atoms with van der Waals surface area (Å²) < 4.78 is 0. The van der Waals surface area contributed by atoms with E-state index in [1.165, 1.54) is 6.08 Å². The molecule has 0 heterocycles. The number of carbonyl (C=O) groups is 2. The minimum Gasteiger partial charge on any atom is -0.302 e. The van der Waals surface area contributed by atoms with Crippen LogP contribution in [0.3, 0.4) is 0 Å². The zero-order chi connectivity index (χ0) is 10.9. The van der Waals surface area contributed by atoms with E-state index in [0.29, 0.717) is 13.0 Å². The molecule has 0 rings (SSSR count). The van der Waals surface area contributed by atoms with Crippen molar-refractivity contribution in [2.24, 2.45) is 0 Å². The Kier molecular flexibility index (Phi) is 10.2. The van der Waals surface area contributed by atoms with Crippen molar-refractivity contribution in [2.45, 2.75) is 20.3 Å². The van der Waals surface area contributed by atoms with Gasteiger partial charge in [-0.3, -0.25) is 9.59 Å². The molecule has 0 N–H and O–H groups in total. The highest BCUT2D eigenvalue weighted by molar-refractivity contribution is 5.88. The van der Waals surface area contributed by atoms with Gasteiger partial charge in [-0.2, -0.15) is 0 Å². The highest BCUT2D eigenvalue weighted by atomic mass is 16.1. The van der Waals surface area contributed by atoms with Crippen molar-refractivity contribution in [1.82, 2.24) is 4.90 Å². The topological polar surface area (TPSA) is 37.4 Å². The second-order valence-electron chi connectivity index (χ2n) is 2.96. The zero-order valence-corrected chi connectivity index (χ0v) is 8.96. The average molecular weight is 185 g/mol. The van der Waals surface area contributed by atoms with Crippen molar-refractivity contribution in [1.29, 1.82) is 0 Å². The Hall–Kier alpha value is -0.960. The summed E-state index contributed by atoms with van der Waals surface area (Å²) in [5.74, 6) is 0.319. The second kappa shape index (κ2) is 9.13. The van der Waals surface area contributed by atoms with Crippen LogP contribution in [0.5, 0.6) is 0 Å². The molecular formula is C10H19NO2. The van der Waals surface area contributed by atoms with E-state index in [4.69, 9.17) is 0 Å². The molecule has 0 aliphatic carbocycles. The summed E-state index contributed by atoms with van der Waals surface area (Å²) in [6.07, 6.45) is 1.91. The lowest BCUT2D eigenvalue weighted by Crippen LogP contribution is -2.18. The minimum absolute atomic E-state index is 0.106. The first-order valence-corrected chi connectivity index (χ1v) is 4.23.